The van der Waals surface area contributed by atoms with Crippen molar-refractivity contribution in [2.75, 3.05) is 6.61 Å². The Kier molecular flexibility index (Phi) is 4.78. The standard InChI is InChI=1S/C27H44O4/c1-15-7-10-27(30-14-15)16(2)24-23(31-27)12-20-18-6-5-17-11-21(28)22(29)13-26(17,4)19(18)8-9-25(20,24)3/h15-24,28-29H,5-14H2,1-4H3/t15-,16+,17+,18+,19+,20+,21-,22-,23+,24+,25+,26+,27-/m1/s1. The zero-order valence-corrected chi connectivity index (χ0v) is 20.1. The van der Waals surface area contributed by atoms with Crippen LogP contribution in [-0.4, -0.2) is 40.9 Å². The van der Waals surface area contributed by atoms with E-state index in [4.69, 9.17) is 9.47 Å². The predicted molar refractivity (Wildman–Crippen MR) is 119 cm³/mol. The molecule has 0 bridgehead atoms. The summed E-state index contributed by atoms with van der Waals surface area (Å²) in [7, 11) is 0. The zero-order chi connectivity index (χ0) is 21.8. The summed E-state index contributed by atoms with van der Waals surface area (Å²) in [5.41, 5.74) is 0.550. The van der Waals surface area contributed by atoms with Gasteiger partial charge in [0.25, 0.3) is 0 Å². The van der Waals surface area contributed by atoms with Gasteiger partial charge in [-0.2, -0.15) is 0 Å². The van der Waals surface area contributed by atoms with Crippen molar-refractivity contribution in [2.24, 2.45) is 52.3 Å². The van der Waals surface area contributed by atoms with Crippen molar-refractivity contribution in [3.8, 4) is 0 Å². The second kappa shape index (κ2) is 6.93. The average molecular weight is 433 g/mol. The Morgan fingerprint density at radius 2 is 1.65 bits per heavy atom. The van der Waals surface area contributed by atoms with Crippen LogP contribution in [0.5, 0.6) is 0 Å². The molecule has 6 aliphatic rings. The SMILES string of the molecule is C[C@@H]1CC[C@@]2(OC1)O[C@H]1C[C@H]3[C@H]4CC[C@H]5C[C@@H](O)[C@H](O)C[C@]5(C)[C@H]4CC[C@]3(C)[C@H]1[C@@H]2C. The molecule has 2 saturated heterocycles. The molecule has 2 N–H and O–H groups in total. The molecule has 0 unspecified atom stereocenters. The van der Waals surface area contributed by atoms with E-state index in [9.17, 15) is 10.2 Å². The second-order valence-corrected chi connectivity index (χ2v) is 13.2. The number of ether oxygens (including phenoxy) is 2. The topological polar surface area (TPSA) is 58.9 Å². The van der Waals surface area contributed by atoms with Gasteiger partial charge in [0.1, 0.15) is 0 Å². The van der Waals surface area contributed by atoms with Crippen LogP contribution >= 0.6 is 0 Å². The monoisotopic (exact) mass is 432 g/mol. The molecule has 0 aromatic carbocycles. The molecule has 4 saturated carbocycles. The molecule has 0 aromatic rings. The summed E-state index contributed by atoms with van der Waals surface area (Å²) in [6, 6.07) is 0. The van der Waals surface area contributed by atoms with Crippen LogP contribution in [0.25, 0.3) is 0 Å². The average Bonchev–Trinajstić information content (AvgIpc) is 3.16. The first-order chi connectivity index (χ1) is 14.7. The van der Waals surface area contributed by atoms with Crippen LogP contribution in [0.3, 0.4) is 0 Å². The number of rotatable bonds is 0. The third-order valence-electron chi connectivity index (χ3n) is 12.0. The van der Waals surface area contributed by atoms with Crippen LogP contribution in [0.2, 0.25) is 0 Å². The Morgan fingerprint density at radius 3 is 2.39 bits per heavy atom. The van der Waals surface area contributed by atoms with Gasteiger partial charge in [-0.25, -0.2) is 0 Å². The Balaban J connectivity index is 1.26. The van der Waals surface area contributed by atoms with Gasteiger partial charge in [-0.15, -0.1) is 0 Å². The quantitative estimate of drug-likeness (QED) is 0.579. The van der Waals surface area contributed by atoms with Gasteiger partial charge >= 0.3 is 0 Å². The van der Waals surface area contributed by atoms with Gasteiger partial charge < -0.3 is 19.7 Å². The first-order valence-corrected chi connectivity index (χ1v) is 13.4. The van der Waals surface area contributed by atoms with Crippen molar-refractivity contribution in [3.05, 3.63) is 0 Å². The number of hydrogen-bond acceptors (Lipinski definition) is 4. The summed E-state index contributed by atoms with van der Waals surface area (Å²) in [5, 5.41) is 20.9. The van der Waals surface area contributed by atoms with E-state index in [0.29, 0.717) is 41.1 Å². The van der Waals surface area contributed by atoms with Crippen molar-refractivity contribution in [3.63, 3.8) is 0 Å². The molecule has 0 aromatic heterocycles. The van der Waals surface area contributed by atoms with E-state index in [1.807, 2.05) is 0 Å². The van der Waals surface area contributed by atoms with E-state index in [-0.39, 0.29) is 11.2 Å². The molecule has 4 nitrogen and oxygen atoms in total. The van der Waals surface area contributed by atoms with Gasteiger partial charge in [-0.1, -0.05) is 27.7 Å². The summed E-state index contributed by atoms with van der Waals surface area (Å²) in [5.74, 6) is 4.21. The van der Waals surface area contributed by atoms with Crippen molar-refractivity contribution in [2.45, 2.75) is 110 Å². The molecule has 6 rings (SSSR count). The van der Waals surface area contributed by atoms with Gasteiger partial charge in [0.2, 0.25) is 0 Å². The fraction of sp³-hybridized carbons (Fsp3) is 1.00. The molecule has 31 heavy (non-hydrogen) atoms. The normalized spacial score (nSPS) is 63.3. The Hall–Kier alpha value is -0.160. The first kappa shape index (κ1) is 21.4. The lowest BCUT2D eigenvalue weighted by Crippen LogP contribution is -2.57. The lowest BCUT2D eigenvalue weighted by molar-refractivity contribution is -0.273. The molecule has 4 aliphatic carbocycles. The summed E-state index contributed by atoms with van der Waals surface area (Å²) in [4.78, 5) is 0. The van der Waals surface area contributed by atoms with Crippen molar-refractivity contribution >= 4 is 0 Å². The smallest absolute Gasteiger partial charge is 0.171 e. The second-order valence-electron chi connectivity index (χ2n) is 13.2. The Bertz CT molecular complexity index is 716. The fourth-order valence-corrected chi connectivity index (χ4v) is 10.3. The van der Waals surface area contributed by atoms with Gasteiger partial charge in [-0.3, -0.25) is 0 Å². The lowest BCUT2D eigenvalue weighted by Gasteiger charge is -2.61. The summed E-state index contributed by atoms with van der Waals surface area (Å²) < 4.78 is 13.3. The molecule has 176 valence electrons. The number of aliphatic hydroxyl groups is 2. The maximum atomic E-state index is 10.6. The molecule has 4 heteroatoms. The Morgan fingerprint density at radius 1 is 0.839 bits per heavy atom. The van der Waals surface area contributed by atoms with E-state index >= 15 is 0 Å². The Labute approximate surface area is 188 Å². The third kappa shape index (κ3) is 2.80. The molecule has 2 heterocycles. The van der Waals surface area contributed by atoms with Crippen molar-refractivity contribution in [1.29, 1.82) is 0 Å². The molecular formula is C27H44O4. The maximum absolute atomic E-state index is 10.6. The lowest BCUT2D eigenvalue weighted by atomic mass is 9.44. The minimum atomic E-state index is -0.537. The molecule has 6 fully saturated rings. The first-order valence-electron chi connectivity index (χ1n) is 13.4. The molecule has 2 aliphatic heterocycles. The number of hydrogen-bond donors (Lipinski definition) is 2. The van der Waals surface area contributed by atoms with E-state index in [0.717, 1.165) is 37.7 Å². The number of aliphatic hydroxyl groups excluding tert-OH is 2. The van der Waals surface area contributed by atoms with E-state index in [1.54, 1.807) is 0 Å². The molecule has 0 amide bonds. The van der Waals surface area contributed by atoms with Crippen LogP contribution < -0.4 is 0 Å². The third-order valence-corrected chi connectivity index (χ3v) is 12.0. The summed E-state index contributed by atoms with van der Waals surface area (Å²) >= 11 is 0. The molecular weight excluding hydrogens is 388 g/mol. The highest BCUT2D eigenvalue weighted by Gasteiger charge is 2.69. The van der Waals surface area contributed by atoms with Gasteiger partial charge in [0.15, 0.2) is 5.79 Å². The van der Waals surface area contributed by atoms with Crippen LogP contribution in [0.15, 0.2) is 0 Å². The van der Waals surface area contributed by atoms with Crippen LogP contribution in [0.4, 0.5) is 0 Å². The van der Waals surface area contributed by atoms with Crippen LogP contribution in [0.1, 0.15) is 85.5 Å². The van der Waals surface area contributed by atoms with Crippen molar-refractivity contribution < 1.29 is 19.7 Å². The van der Waals surface area contributed by atoms with Gasteiger partial charge in [0, 0.05) is 12.3 Å². The van der Waals surface area contributed by atoms with E-state index < -0.39 is 12.2 Å². The summed E-state index contributed by atoms with van der Waals surface area (Å²) in [6.07, 6.45) is 9.51. The highest BCUT2D eigenvalue weighted by Crippen LogP contribution is 2.71. The minimum Gasteiger partial charge on any atom is -0.390 e. The summed E-state index contributed by atoms with van der Waals surface area (Å²) in [6.45, 7) is 10.6. The molecule has 13 atom stereocenters. The largest absolute Gasteiger partial charge is 0.390 e. The number of fused-ring (bicyclic) bond motifs is 7. The maximum Gasteiger partial charge on any atom is 0.171 e. The van der Waals surface area contributed by atoms with E-state index in [2.05, 4.69) is 27.7 Å². The minimum absolute atomic E-state index is 0.191. The highest BCUT2D eigenvalue weighted by atomic mass is 16.7. The zero-order valence-electron chi connectivity index (χ0n) is 20.1. The predicted octanol–water partition coefficient (Wildman–Crippen LogP) is 4.76. The van der Waals surface area contributed by atoms with Gasteiger partial charge in [0.05, 0.1) is 24.9 Å². The molecule has 1 spiro atoms. The van der Waals surface area contributed by atoms with Crippen LogP contribution in [0, 0.1) is 52.3 Å². The highest BCUT2D eigenvalue weighted by molar-refractivity contribution is 5.15. The van der Waals surface area contributed by atoms with Crippen LogP contribution in [-0.2, 0) is 9.47 Å². The van der Waals surface area contributed by atoms with E-state index in [1.165, 1.54) is 38.5 Å². The van der Waals surface area contributed by atoms with Gasteiger partial charge in [-0.05, 0) is 97.7 Å². The fourth-order valence-electron chi connectivity index (χ4n) is 10.3. The van der Waals surface area contributed by atoms with Crippen molar-refractivity contribution in [1.82, 2.24) is 0 Å². The molecule has 0 radical (unpaired) electrons.